The van der Waals surface area contributed by atoms with Gasteiger partial charge in [-0.25, -0.2) is 4.98 Å². The lowest BCUT2D eigenvalue weighted by Crippen LogP contribution is -2.35. The highest BCUT2D eigenvalue weighted by Crippen LogP contribution is 2.18. The molecule has 2 aromatic heterocycles. The average Bonchev–Trinajstić information content (AvgIpc) is 2.56. The molecule has 112 valence electrons. The Hall–Kier alpha value is -2.27. The topological polar surface area (TPSA) is 38.1 Å². The maximum absolute atomic E-state index is 12.7. The summed E-state index contributed by atoms with van der Waals surface area (Å²) in [5, 5.41) is 1.93. The van der Waals surface area contributed by atoms with Crippen molar-refractivity contribution in [2.24, 2.45) is 0 Å². The lowest BCUT2D eigenvalue weighted by Gasteiger charge is -2.25. The average molecular weight is 311 g/mol. The smallest absolute Gasteiger partial charge is 0.198 e. The van der Waals surface area contributed by atoms with E-state index in [0.29, 0.717) is 21.5 Å². The second-order valence-electron chi connectivity index (χ2n) is 5.01. The second kappa shape index (κ2) is 5.85. The second-order valence-corrected chi connectivity index (χ2v) is 5.38. The standard InChI is InChI=1S/C17H17N3OS/c1-3-19(4-2)17(22)20-14-10-6-5-8-12(14)15(21)13-9-7-11-18-16(13)20/h5-11H,3-4H2,1-2H3. The third-order valence-corrected chi connectivity index (χ3v) is 4.30. The van der Waals surface area contributed by atoms with Crippen LogP contribution in [0.3, 0.4) is 0 Å². The number of thiocarbonyl (C=S) groups is 1. The van der Waals surface area contributed by atoms with Gasteiger partial charge in [-0.1, -0.05) is 12.1 Å². The summed E-state index contributed by atoms with van der Waals surface area (Å²) in [5.41, 5.74) is 1.41. The van der Waals surface area contributed by atoms with Crippen LogP contribution in [0.4, 0.5) is 0 Å². The molecule has 0 saturated heterocycles. The van der Waals surface area contributed by atoms with Crippen LogP contribution < -0.4 is 5.43 Å². The van der Waals surface area contributed by atoms with E-state index in [1.807, 2.05) is 28.8 Å². The van der Waals surface area contributed by atoms with Crippen molar-refractivity contribution in [3.05, 3.63) is 52.8 Å². The zero-order valence-corrected chi connectivity index (χ0v) is 13.4. The molecular formula is C17H17N3OS. The lowest BCUT2D eigenvalue weighted by molar-refractivity contribution is 0.462. The summed E-state index contributed by atoms with van der Waals surface area (Å²) in [7, 11) is 0. The first-order valence-electron chi connectivity index (χ1n) is 7.36. The van der Waals surface area contributed by atoms with Crippen molar-refractivity contribution in [2.75, 3.05) is 13.1 Å². The molecule has 0 aliphatic rings. The number of pyridine rings is 2. The molecule has 4 nitrogen and oxygen atoms in total. The molecule has 0 aliphatic carbocycles. The number of rotatable bonds is 2. The summed E-state index contributed by atoms with van der Waals surface area (Å²) in [6.07, 6.45) is 1.69. The van der Waals surface area contributed by atoms with E-state index in [1.54, 1.807) is 18.3 Å². The Morgan fingerprint density at radius 2 is 1.82 bits per heavy atom. The minimum absolute atomic E-state index is 0.00250. The van der Waals surface area contributed by atoms with Gasteiger partial charge in [0.05, 0.1) is 10.9 Å². The van der Waals surface area contributed by atoms with Gasteiger partial charge in [-0.2, -0.15) is 0 Å². The van der Waals surface area contributed by atoms with Crippen molar-refractivity contribution in [3.8, 4) is 0 Å². The predicted molar refractivity (Wildman–Crippen MR) is 94.4 cm³/mol. The molecule has 0 saturated carbocycles. The van der Waals surface area contributed by atoms with Gasteiger partial charge in [0.25, 0.3) is 0 Å². The van der Waals surface area contributed by atoms with E-state index < -0.39 is 0 Å². The van der Waals surface area contributed by atoms with Crippen molar-refractivity contribution in [1.82, 2.24) is 14.5 Å². The molecule has 0 aliphatic heterocycles. The summed E-state index contributed by atoms with van der Waals surface area (Å²) in [5.74, 6) is 0. The molecule has 22 heavy (non-hydrogen) atoms. The van der Waals surface area contributed by atoms with Crippen LogP contribution in [0.5, 0.6) is 0 Å². The highest BCUT2D eigenvalue weighted by Gasteiger charge is 2.16. The molecule has 0 radical (unpaired) electrons. The maximum Gasteiger partial charge on any atom is 0.198 e. The molecule has 0 unspecified atom stereocenters. The summed E-state index contributed by atoms with van der Waals surface area (Å²) < 4.78 is 1.91. The Kier molecular flexibility index (Phi) is 3.90. The normalized spacial score (nSPS) is 11.0. The molecule has 1 aromatic carbocycles. The van der Waals surface area contributed by atoms with Gasteiger partial charge < -0.3 is 4.90 Å². The van der Waals surface area contributed by atoms with Crippen LogP contribution in [0, 0.1) is 0 Å². The zero-order valence-electron chi connectivity index (χ0n) is 12.6. The molecule has 0 fully saturated rings. The molecule has 5 heteroatoms. The number of nitrogens with zero attached hydrogens (tertiary/aromatic N) is 3. The van der Waals surface area contributed by atoms with Gasteiger partial charge in [0.1, 0.15) is 0 Å². The predicted octanol–water partition coefficient (Wildman–Crippen LogP) is 3.02. The molecule has 0 spiro atoms. The van der Waals surface area contributed by atoms with E-state index in [0.717, 1.165) is 18.6 Å². The molecule has 0 amide bonds. The Morgan fingerprint density at radius 1 is 1.14 bits per heavy atom. The number of hydrogen-bond donors (Lipinski definition) is 0. The quantitative estimate of drug-likeness (QED) is 0.538. The van der Waals surface area contributed by atoms with Crippen LogP contribution >= 0.6 is 12.2 Å². The van der Waals surface area contributed by atoms with E-state index in [2.05, 4.69) is 23.7 Å². The number of para-hydroxylation sites is 1. The first-order valence-corrected chi connectivity index (χ1v) is 7.77. The lowest BCUT2D eigenvalue weighted by atomic mass is 10.1. The van der Waals surface area contributed by atoms with Gasteiger partial charge in [0.15, 0.2) is 16.2 Å². The zero-order chi connectivity index (χ0) is 15.7. The minimum atomic E-state index is -0.00250. The van der Waals surface area contributed by atoms with Crippen molar-refractivity contribution in [2.45, 2.75) is 13.8 Å². The van der Waals surface area contributed by atoms with Crippen LogP contribution in [0.1, 0.15) is 13.8 Å². The molecule has 0 N–H and O–H groups in total. The molecule has 0 bridgehead atoms. The Balaban J connectivity index is 2.47. The molecular weight excluding hydrogens is 294 g/mol. The van der Waals surface area contributed by atoms with Crippen LogP contribution in [0.2, 0.25) is 0 Å². The van der Waals surface area contributed by atoms with Gasteiger partial charge in [-0.05, 0) is 50.3 Å². The summed E-state index contributed by atoms with van der Waals surface area (Å²) in [4.78, 5) is 19.2. The summed E-state index contributed by atoms with van der Waals surface area (Å²) >= 11 is 5.69. The van der Waals surface area contributed by atoms with Gasteiger partial charge >= 0.3 is 0 Å². The third kappa shape index (κ3) is 2.18. The Bertz CT molecular complexity index is 853. The van der Waals surface area contributed by atoms with Crippen LogP contribution in [-0.2, 0) is 0 Å². The van der Waals surface area contributed by atoms with Crippen molar-refractivity contribution in [3.63, 3.8) is 0 Å². The molecule has 3 aromatic rings. The fourth-order valence-electron chi connectivity index (χ4n) is 2.70. The van der Waals surface area contributed by atoms with Gasteiger partial charge in [-0.3, -0.25) is 9.36 Å². The number of aromatic nitrogens is 2. The van der Waals surface area contributed by atoms with Gasteiger partial charge in [-0.15, -0.1) is 0 Å². The number of benzene rings is 1. The van der Waals surface area contributed by atoms with E-state index in [9.17, 15) is 4.79 Å². The maximum atomic E-state index is 12.7. The largest absolute Gasteiger partial charge is 0.349 e. The summed E-state index contributed by atoms with van der Waals surface area (Å²) in [6, 6.07) is 11.1. The first-order chi connectivity index (χ1) is 10.7. The Morgan fingerprint density at radius 3 is 2.55 bits per heavy atom. The summed E-state index contributed by atoms with van der Waals surface area (Å²) in [6.45, 7) is 5.75. The monoisotopic (exact) mass is 311 g/mol. The SMILES string of the molecule is CCN(CC)C(=S)n1c2ccccc2c(=O)c2cccnc21. The molecule has 0 atom stereocenters. The van der Waals surface area contributed by atoms with E-state index >= 15 is 0 Å². The molecule has 3 rings (SSSR count). The van der Waals surface area contributed by atoms with Gasteiger partial charge in [0.2, 0.25) is 0 Å². The fourth-order valence-corrected chi connectivity index (χ4v) is 3.14. The Labute approximate surface area is 134 Å². The number of fused-ring (bicyclic) bond motifs is 2. The van der Waals surface area contributed by atoms with Crippen LogP contribution in [-0.4, -0.2) is 32.7 Å². The van der Waals surface area contributed by atoms with Crippen molar-refractivity contribution in [1.29, 1.82) is 0 Å². The van der Waals surface area contributed by atoms with Crippen LogP contribution in [0.25, 0.3) is 21.9 Å². The van der Waals surface area contributed by atoms with Crippen LogP contribution in [0.15, 0.2) is 47.4 Å². The van der Waals surface area contributed by atoms with Gasteiger partial charge in [0, 0.05) is 24.7 Å². The van der Waals surface area contributed by atoms with E-state index in [1.165, 1.54) is 0 Å². The molecule has 2 heterocycles. The van der Waals surface area contributed by atoms with E-state index in [4.69, 9.17) is 12.2 Å². The minimum Gasteiger partial charge on any atom is -0.349 e. The van der Waals surface area contributed by atoms with Crippen molar-refractivity contribution >= 4 is 39.3 Å². The van der Waals surface area contributed by atoms with Crippen molar-refractivity contribution < 1.29 is 0 Å². The van der Waals surface area contributed by atoms with E-state index in [-0.39, 0.29) is 5.43 Å². The first kappa shape index (κ1) is 14.7. The highest BCUT2D eigenvalue weighted by molar-refractivity contribution is 7.80. The third-order valence-electron chi connectivity index (χ3n) is 3.86. The highest BCUT2D eigenvalue weighted by atomic mass is 32.1. The fraction of sp³-hybridized carbons (Fsp3) is 0.235. The number of hydrogen-bond acceptors (Lipinski definition) is 3.